The van der Waals surface area contributed by atoms with Crippen molar-refractivity contribution in [3.63, 3.8) is 0 Å². The molecule has 1 aliphatic rings. The highest BCUT2D eigenvalue weighted by atomic mass is 19.1. The van der Waals surface area contributed by atoms with E-state index in [-0.39, 0.29) is 23.9 Å². The van der Waals surface area contributed by atoms with Gasteiger partial charge in [0.25, 0.3) is 5.91 Å². The zero-order chi connectivity index (χ0) is 24.5. The molecular formula is C25H24F2N6O2. The summed E-state index contributed by atoms with van der Waals surface area (Å²) in [6.07, 6.45) is 6.60. The molecule has 1 aliphatic carbocycles. The van der Waals surface area contributed by atoms with E-state index in [0.29, 0.717) is 27.9 Å². The number of alkyl halides is 1. The van der Waals surface area contributed by atoms with Gasteiger partial charge in [0.15, 0.2) is 5.82 Å². The molecule has 1 fully saturated rings. The average molecular weight is 479 g/mol. The summed E-state index contributed by atoms with van der Waals surface area (Å²) in [5.41, 5.74) is 8.99. The molecule has 10 heteroatoms. The second-order valence-corrected chi connectivity index (χ2v) is 8.57. The van der Waals surface area contributed by atoms with Crippen molar-refractivity contribution in [1.82, 2.24) is 24.8 Å². The molecule has 3 N–H and O–H groups in total. The average Bonchev–Trinajstić information content (AvgIpc) is 3.42. The lowest BCUT2D eigenvalue weighted by Crippen LogP contribution is -2.44. The Labute approximate surface area is 200 Å². The lowest BCUT2D eigenvalue weighted by atomic mass is 10.1. The summed E-state index contributed by atoms with van der Waals surface area (Å²) in [5, 5.41) is 2.99. The summed E-state index contributed by atoms with van der Waals surface area (Å²) in [6, 6.07) is 8.48. The Morgan fingerprint density at radius 3 is 2.71 bits per heavy atom. The van der Waals surface area contributed by atoms with Crippen molar-refractivity contribution in [2.75, 3.05) is 0 Å². The van der Waals surface area contributed by atoms with Crippen LogP contribution in [0, 0.1) is 5.82 Å². The number of nitrogens with two attached hydrogens (primary N) is 1. The molecular weight excluding hydrogens is 454 g/mol. The number of aromatic nitrogens is 4. The lowest BCUT2D eigenvalue weighted by Gasteiger charge is -2.17. The summed E-state index contributed by atoms with van der Waals surface area (Å²) in [6.45, 7) is 1.30. The van der Waals surface area contributed by atoms with Crippen LogP contribution in [-0.4, -0.2) is 43.9 Å². The van der Waals surface area contributed by atoms with E-state index >= 15 is 0 Å². The van der Waals surface area contributed by atoms with Crippen LogP contribution in [0.4, 0.5) is 8.78 Å². The third-order valence-electron chi connectivity index (χ3n) is 6.05. The van der Waals surface area contributed by atoms with Gasteiger partial charge in [-0.05, 0) is 43.0 Å². The summed E-state index contributed by atoms with van der Waals surface area (Å²) in [7, 11) is 0. The second-order valence-electron chi connectivity index (χ2n) is 8.57. The van der Waals surface area contributed by atoms with Gasteiger partial charge in [-0.3, -0.25) is 14.3 Å². The topological polar surface area (TPSA) is 108 Å². The maximum Gasteiger partial charge on any atom is 0.253 e. The minimum atomic E-state index is -1.47. The third kappa shape index (κ3) is 4.69. The van der Waals surface area contributed by atoms with Crippen LogP contribution in [0.2, 0.25) is 0 Å². The quantitative estimate of drug-likeness (QED) is 0.435. The van der Waals surface area contributed by atoms with Gasteiger partial charge in [0.2, 0.25) is 12.3 Å². The van der Waals surface area contributed by atoms with Crippen LogP contribution in [0.3, 0.4) is 0 Å². The predicted octanol–water partition coefficient (Wildman–Crippen LogP) is 3.93. The molecule has 0 radical (unpaired) electrons. The van der Waals surface area contributed by atoms with E-state index in [1.54, 1.807) is 35.0 Å². The molecule has 1 saturated carbocycles. The third-order valence-corrected chi connectivity index (χ3v) is 6.05. The lowest BCUT2D eigenvalue weighted by molar-refractivity contribution is 0.0860. The molecule has 3 heterocycles. The van der Waals surface area contributed by atoms with Crippen LogP contribution in [0.25, 0.3) is 28.1 Å². The van der Waals surface area contributed by atoms with E-state index < -0.39 is 12.2 Å². The van der Waals surface area contributed by atoms with Crippen molar-refractivity contribution in [3.05, 3.63) is 66.5 Å². The minimum Gasteiger partial charge on any atom is -0.461 e. The molecule has 3 atom stereocenters. The Hall–Kier alpha value is -3.92. The van der Waals surface area contributed by atoms with Gasteiger partial charge in [0.1, 0.15) is 5.75 Å². The molecule has 3 aromatic heterocycles. The number of nitrogens with one attached hydrogen (secondary N) is 1. The Kier molecular flexibility index (Phi) is 6.12. The second kappa shape index (κ2) is 9.38. The molecule has 180 valence electrons. The Bertz CT molecular complexity index is 1370. The number of benzene rings is 1. The SMILES string of the molecule is CC(F)Oc1cccc(-c2cn(-c3ncc(F)cn3)c3cc(C(=O)N[C@H]4CCC[C@H]4N)cnc23)c1. The largest absolute Gasteiger partial charge is 0.461 e. The first kappa shape index (κ1) is 22.9. The molecule has 0 saturated heterocycles. The molecule has 8 nitrogen and oxygen atoms in total. The van der Waals surface area contributed by atoms with Crippen LogP contribution in [0.15, 0.2) is 55.1 Å². The highest BCUT2D eigenvalue weighted by Gasteiger charge is 2.26. The van der Waals surface area contributed by atoms with E-state index in [1.807, 2.05) is 6.07 Å². The predicted molar refractivity (Wildman–Crippen MR) is 126 cm³/mol. The van der Waals surface area contributed by atoms with E-state index in [9.17, 15) is 13.6 Å². The molecule has 0 bridgehead atoms. The smallest absolute Gasteiger partial charge is 0.253 e. The molecule has 35 heavy (non-hydrogen) atoms. The number of hydrogen-bond donors (Lipinski definition) is 2. The van der Waals surface area contributed by atoms with Crippen LogP contribution in [-0.2, 0) is 0 Å². The van der Waals surface area contributed by atoms with Crippen molar-refractivity contribution >= 4 is 16.9 Å². The standard InChI is InChI=1S/C25H24F2N6O2/c1-14(26)35-18-5-2-4-15(8-18)19-13-33(25-30-11-17(27)12-31-25)22-9-16(10-29-23(19)22)24(34)32-21-7-3-6-20(21)28/h2,4-5,8-14,20-21H,3,6-7,28H2,1H3,(H,32,34)/t14?,20-,21+/m1/s1. The number of amides is 1. The number of nitrogens with zero attached hydrogens (tertiary/aromatic N) is 4. The fraction of sp³-hybridized carbons (Fsp3) is 0.280. The molecule has 0 spiro atoms. The number of carbonyl (C=O) groups is 1. The van der Waals surface area contributed by atoms with Gasteiger partial charge in [-0.15, -0.1) is 0 Å². The Morgan fingerprint density at radius 2 is 2.00 bits per heavy atom. The number of pyridine rings is 1. The van der Waals surface area contributed by atoms with Crippen LogP contribution in [0.1, 0.15) is 36.5 Å². The summed E-state index contributed by atoms with van der Waals surface area (Å²) in [5.74, 6) is -0.268. The Balaban J connectivity index is 1.60. The number of rotatable bonds is 6. The summed E-state index contributed by atoms with van der Waals surface area (Å²) in [4.78, 5) is 25.7. The van der Waals surface area contributed by atoms with Gasteiger partial charge in [0, 0.05) is 37.0 Å². The van der Waals surface area contributed by atoms with E-state index in [1.165, 1.54) is 13.1 Å². The Morgan fingerprint density at radius 1 is 1.20 bits per heavy atom. The number of hydrogen-bond acceptors (Lipinski definition) is 6. The molecule has 0 aliphatic heterocycles. The van der Waals surface area contributed by atoms with Gasteiger partial charge in [-0.25, -0.2) is 18.7 Å². The summed E-state index contributed by atoms with van der Waals surface area (Å²) < 4.78 is 33.7. The number of fused-ring (bicyclic) bond motifs is 1. The fourth-order valence-electron chi connectivity index (χ4n) is 4.38. The van der Waals surface area contributed by atoms with Gasteiger partial charge in [-0.1, -0.05) is 12.1 Å². The number of ether oxygens (including phenoxy) is 1. The zero-order valence-corrected chi connectivity index (χ0v) is 19.0. The minimum absolute atomic E-state index is 0.0692. The van der Waals surface area contributed by atoms with Crippen molar-refractivity contribution in [2.24, 2.45) is 5.73 Å². The van der Waals surface area contributed by atoms with Gasteiger partial charge < -0.3 is 15.8 Å². The van der Waals surface area contributed by atoms with Crippen molar-refractivity contribution in [3.8, 4) is 22.8 Å². The first-order chi connectivity index (χ1) is 16.9. The van der Waals surface area contributed by atoms with Crippen molar-refractivity contribution in [2.45, 2.75) is 44.6 Å². The zero-order valence-electron chi connectivity index (χ0n) is 19.0. The van der Waals surface area contributed by atoms with Gasteiger partial charge in [0.05, 0.1) is 29.0 Å². The normalized spacial score (nSPS) is 18.5. The van der Waals surface area contributed by atoms with E-state index in [4.69, 9.17) is 10.5 Å². The first-order valence-corrected chi connectivity index (χ1v) is 11.4. The monoisotopic (exact) mass is 478 g/mol. The first-order valence-electron chi connectivity index (χ1n) is 11.4. The molecule has 1 unspecified atom stereocenters. The molecule has 1 aromatic carbocycles. The van der Waals surface area contributed by atoms with Crippen LogP contribution in [0.5, 0.6) is 5.75 Å². The van der Waals surface area contributed by atoms with E-state index in [0.717, 1.165) is 37.2 Å². The van der Waals surface area contributed by atoms with E-state index in [2.05, 4.69) is 20.3 Å². The highest BCUT2D eigenvalue weighted by molar-refractivity contribution is 6.00. The maximum absolute atomic E-state index is 13.5. The molecule has 5 rings (SSSR count). The maximum atomic E-state index is 13.5. The summed E-state index contributed by atoms with van der Waals surface area (Å²) >= 11 is 0. The fourth-order valence-corrected chi connectivity index (χ4v) is 4.38. The molecule has 1 amide bonds. The van der Waals surface area contributed by atoms with Gasteiger partial charge in [-0.2, -0.15) is 0 Å². The van der Waals surface area contributed by atoms with Crippen molar-refractivity contribution in [1.29, 1.82) is 0 Å². The number of halogens is 2. The molecule has 4 aromatic rings. The number of carbonyl (C=O) groups excluding carboxylic acids is 1. The van der Waals surface area contributed by atoms with Gasteiger partial charge >= 0.3 is 0 Å². The van der Waals surface area contributed by atoms with Crippen LogP contribution < -0.4 is 15.8 Å². The highest BCUT2D eigenvalue weighted by Crippen LogP contribution is 2.33. The van der Waals surface area contributed by atoms with Crippen molar-refractivity contribution < 1.29 is 18.3 Å². The van der Waals surface area contributed by atoms with Crippen LogP contribution >= 0.6 is 0 Å².